The van der Waals surface area contributed by atoms with Gasteiger partial charge in [0.2, 0.25) is 0 Å². The summed E-state index contributed by atoms with van der Waals surface area (Å²) in [4.78, 5) is 0.208. The average Bonchev–Trinajstić information content (AvgIpc) is 3.46. The second kappa shape index (κ2) is 9.91. The second-order valence-corrected chi connectivity index (χ2v) is 9.83. The zero-order valence-corrected chi connectivity index (χ0v) is 19.8. The van der Waals surface area contributed by atoms with Gasteiger partial charge in [0.05, 0.1) is 6.10 Å². The van der Waals surface area contributed by atoms with Gasteiger partial charge in [0.25, 0.3) is 0 Å². The minimum atomic E-state index is -0.314. The van der Waals surface area contributed by atoms with Crippen LogP contribution < -0.4 is 0 Å². The lowest BCUT2D eigenvalue weighted by molar-refractivity contribution is 0.187. The largest absolute Gasteiger partial charge is 0.387 e. The van der Waals surface area contributed by atoms with E-state index >= 15 is 0 Å². The van der Waals surface area contributed by atoms with Crippen molar-refractivity contribution in [2.45, 2.75) is 30.2 Å². The van der Waals surface area contributed by atoms with Crippen LogP contribution in [-0.2, 0) is 19.3 Å². The SMILES string of the molecule is BrC1=Cc2ccccc2C1.C1=Cc2ccccc2C1.OC1c2ccccc2CC1Br. The molecule has 3 aliphatic carbocycles. The minimum Gasteiger partial charge on any atom is -0.387 e. The maximum Gasteiger partial charge on any atom is 0.0920 e. The monoisotopic (exact) mass is 522 g/mol. The molecule has 0 saturated carbocycles. The number of alkyl halides is 1. The maximum absolute atomic E-state index is 9.60. The van der Waals surface area contributed by atoms with Crippen LogP contribution in [-0.4, -0.2) is 9.93 Å². The predicted octanol–water partition coefficient (Wildman–Crippen LogP) is 7.27. The molecular weight excluding hydrogens is 500 g/mol. The first-order valence-corrected chi connectivity index (χ1v) is 11.9. The average molecular weight is 524 g/mol. The Hall–Kier alpha value is -1.94. The van der Waals surface area contributed by atoms with E-state index in [0.29, 0.717) is 0 Å². The molecule has 1 nitrogen and oxygen atoms in total. The van der Waals surface area contributed by atoms with Gasteiger partial charge in [-0.15, -0.1) is 0 Å². The fraction of sp³-hybridized carbons (Fsp3) is 0.185. The molecule has 0 spiro atoms. The second-order valence-electron chi connectivity index (χ2n) is 7.64. The molecule has 0 radical (unpaired) electrons. The first-order valence-electron chi connectivity index (χ1n) is 10.2. The van der Waals surface area contributed by atoms with E-state index in [1.807, 2.05) is 18.2 Å². The van der Waals surface area contributed by atoms with Crippen LogP contribution in [0.4, 0.5) is 0 Å². The third-order valence-electron chi connectivity index (χ3n) is 5.55. The van der Waals surface area contributed by atoms with Gasteiger partial charge in [0, 0.05) is 15.7 Å². The zero-order valence-electron chi connectivity index (χ0n) is 16.6. The van der Waals surface area contributed by atoms with Gasteiger partial charge in [-0.25, -0.2) is 0 Å². The Balaban J connectivity index is 0.000000109. The molecule has 0 aromatic heterocycles. The number of allylic oxidation sites excluding steroid dienone is 2. The molecule has 1 N–H and O–H groups in total. The summed E-state index contributed by atoms with van der Waals surface area (Å²) in [5, 5.41) is 9.60. The van der Waals surface area contributed by atoms with Crippen LogP contribution in [0.25, 0.3) is 12.2 Å². The summed E-state index contributed by atoms with van der Waals surface area (Å²) in [6, 6.07) is 25.0. The van der Waals surface area contributed by atoms with Crippen LogP contribution in [0.1, 0.15) is 39.5 Å². The molecule has 3 heteroatoms. The van der Waals surface area contributed by atoms with E-state index < -0.39 is 0 Å². The molecule has 30 heavy (non-hydrogen) atoms. The van der Waals surface area contributed by atoms with Gasteiger partial charge in [-0.1, -0.05) is 117 Å². The predicted molar refractivity (Wildman–Crippen MR) is 134 cm³/mol. The fourth-order valence-electron chi connectivity index (χ4n) is 3.96. The van der Waals surface area contributed by atoms with Crippen LogP contribution in [0, 0.1) is 0 Å². The highest BCUT2D eigenvalue weighted by Crippen LogP contribution is 2.35. The van der Waals surface area contributed by atoms with E-state index in [2.05, 4.69) is 105 Å². The minimum absolute atomic E-state index is 0.208. The summed E-state index contributed by atoms with van der Waals surface area (Å²) in [6.07, 6.45) is 9.37. The highest BCUT2D eigenvalue weighted by atomic mass is 79.9. The van der Waals surface area contributed by atoms with Crippen molar-refractivity contribution >= 4 is 44.0 Å². The van der Waals surface area contributed by atoms with E-state index in [-0.39, 0.29) is 10.9 Å². The van der Waals surface area contributed by atoms with Crippen molar-refractivity contribution in [3.63, 3.8) is 0 Å². The maximum atomic E-state index is 9.60. The molecule has 0 fully saturated rings. The van der Waals surface area contributed by atoms with Crippen molar-refractivity contribution in [1.29, 1.82) is 0 Å². The Labute approximate surface area is 195 Å². The Bertz CT molecular complexity index is 1080. The van der Waals surface area contributed by atoms with Crippen LogP contribution in [0.3, 0.4) is 0 Å². The summed E-state index contributed by atoms with van der Waals surface area (Å²) in [6.45, 7) is 0. The molecule has 3 aromatic rings. The topological polar surface area (TPSA) is 20.2 Å². The molecular formula is C27H24Br2O. The van der Waals surface area contributed by atoms with Crippen LogP contribution >= 0.6 is 31.9 Å². The van der Waals surface area contributed by atoms with Crippen LogP contribution in [0.5, 0.6) is 0 Å². The van der Waals surface area contributed by atoms with Crippen molar-refractivity contribution in [2.75, 3.05) is 0 Å². The van der Waals surface area contributed by atoms with E-state index in [4.69, 9.17) is 0 Å². The van der Waals surface area contributed by atoms with Gasteiger partial charge < -0.3 is 5.11 Å². The Morgan fingerprint density at radius 1 is 0.767 bits per heavy atom. The molecule has 0 amide bonds. The number of aliphatic hydroxyl groups is 1. The smallest absolute Gasteiger partial charge is 0.0920 e. The number of halogens is 2. The molecule has 2 unspecified atom stereocenters. The Kier molecular flexibility index (Phi) is 7.04. The van der Waals surface area contributed by atoms with Crippen molar-refractivity contribution in [2.24, 2.45) is 0 Å². The number of aliphatic hydroxyl groups excluding tert-OH is 1. The first-order chi connectivity index (χ1) is 14.6. The lowest BCUT2D eigenvalue weighted by atomic mass is 10.1. The van der Waals surface area contributed by atoms with Crippen LogP contribution in [0.15, 0.2) is 83.4 Å². The standard InChI is InChI=1S/C9H9BrO.C9H7Br.C9H8/c10-8-5-6-3-1-2-4-7(6)9(8)11;10-9-5-7-3-1-2-4-8(7)6-9;1-2-5-9-7-3-6-8(9)4-1/h1-4,8-9,11H,5H2;1-5H,6H2;1-6H,7H2. The van der Waals surface area contributed by atoms with Gasteiger partial charge in [-0.05, 0) is 52.3 Å². The van der Waals surface area contributed by atoms with Crippen molar-refractivity contribution in [1.82, 2.24) is 0 Å². The number of hydrogen-bond acceptors (Lipinski definition) is 1. The third-order valence-corrected chi connectivity index (χ3v) is 6.88. The van der Waals surface area contributed by atoms with E-state index in [1.54, 1.807) is 0 Å². The quantitative estimate of drug-likeness (QED) is 0.307. The Morgan fingerprint density at radius 2 is 1.40 bits per heavy atom. The Morgan fingerprint density at radius 3 is 2.10 bits per heavy atom. The summed E-state index contributed by atoms with van der Waals surface area (Å²) >= 11 is 6.91. The summed E-state index contributed by atoms with van der Waals surface area (Å²) < 4.78 is 1.29. The lowest BCUT2D eigenvalue weighted by Gasteiger charge is -2.05. The van der Waals surface area contributed by atoms with Crippen molar-refractivity contribution < 1.29 is 5.11 Å². The highest BCUT2D eigenvalue weighted by molar-refractivity contribution is 9.11. The van der Waals surface area contributed by atoms with E-state index in [9.17, 15) is 5.11 Å². The molecule has 0 saturated heterocycles. The van der Waals surface area contributed by atoms with Gasteiger partial charge in [-0.2, -0.15) is 0 Å². The van der Waals surface area contributed by atoms with Crippen LogP contribution in [0.2, 0.25) is 0 Å². The number of benzene rings is 3. The van der Waals surface area contributed by atoms with E-state index in [1.165, 1.54) is 32.3 Å². The number of fused-ring (bicyclic) bond motifs is 3. The molecule has 2 atom stereocenters. The third kappa shape index (κ3) is 5.03. The molecule has 0 heterocycles. The van der Waals surface area contributed by atoms with Crippen molar-refractivity contribution in [3.8, 4) is 0 Å². The summed E-state index contributed by atoms with van der Waals surface area (Å²) in [5.41, 5.74) is 7.97. The van der Waals surface area contributed by atoms with Gasteiger partial charge in [0.1, 0.15) is 0 Å². The molecule has 3 aliphatic rings. The summed E-state index contributed by atoms with van der Waals surface area (Å²) in [5.74, 6) is 0. The molecule has 0 aliphatic heterocycles. The highest BCUT2D eigenvalue weighted by Gasteiger charge is 2.27. The molecule has 0 bridgehead atoms. The number of hydrogen-bond donors (Lipinski definition) is 1. The first kappa shape index (κ1) is 21.3. The van der Waals surface area contributed by atoms with Gasteiger partial charge in [-0.3, -0.25) is 0 Å². The molecule has 6 rings (SSSR count). The fourth-order valence-corrected chi connectivity index (χ4v) is 5.14. The number of rotatable bonds is 0. The lowest BCUT2D eigenvalue weighted by Crippen LogP contribution is -2.03. The normalized spacial score (nSPS) is 19.5. The molecule has 3 aromatic carbocycles. The summed E-state index contributed by atoms with van der Waals surface area (Å²) in [7, 11) is 0. The van der Waals surface area contributed by atoms with Crippen molar-refractivity contribution in [3.05, 3.63) is 117 Å². The molecule has 152 valence electrons. The van der Waals surface area contributed by atoms with E-state index in [0.717, 1.165) is 24.8 Å². The van der Waals surface area contributed by atoms with Gasteiger partial charge >= 0.3 is 0 Å². The zero-order chi connectivity index (χ0) is 20.9. The van der Waals surface area contributed by atoms with Gasteiger partial charge in [0.15, 0.2) is 0 Å².